The largest absolute Gasteiger partial charge is 0.466 e. The van der Waals surface area contributed by atoms with Gasteiger partial charge in [-0.15, -0.1) is 5.10 Å². The Bertz CT molecular complexity index is 910. The molecule has 0 saturated carbocycles. The van der Waals surface area contributed by atoms with Crippen LogP contribution in [-0.4, -0.2) is 26.8 Å². The van der Waals surface area contributed by atoms with Gasteiger partial charge in [-0.05, 0) is 30.3 Å². The van der Waals surface area contributed by atoms with E-state index >= 15 is 0 Å². The van der Waals surface area contributed by atoms with Crippen molar-refractivity contribution in [2.24, 2.45) is 0 Å². The van der Waals surface area contributed by atoms with Gasteiger partial charge in [-0.3, -0.25) is 10.1 Å². The van der Waals surface area contributed by atoms with Gasteiger partial charge in [0, 0.05) is 17.7 Å². The lowest BCUT2D eigenvalue weighted by atomic mass is 10.2. The van der Waals surface area contributed by atoms with Gasteiger partial charge in [-0.2, -0.15) is 4.98 Å². The Hall–Kier alpha value is -2.64. The molecule has 3 aromatic rings. The molecule has 0 fully saturated rings. The topological polar surface area (TPSA) is 83.1 Å². The second-order valence-corrected chi connectivity index (χ2v) is 5.55. The maximum atomic E-state index is 10.8. The van der Waals surface area contributed by atoms with Crippen LogP contribution < -0.4 is 4.74 Å². The zero-order valence-corrected chi connectivity index (χ0v) is 13.8. The molecule has 7 nitrogen and oxygen atoms in total. The molecule has 24 heavy (non-hydrogen) atoms. The zero-order chi connectivity index (χ0) is 17.3. The second-order valence-electron chi connectivity index (χ2n) is 4.74. The predicted octanol–water partition coefficient (Wildman–Crippen LogP) is 4.16. The fraction of sp³-hybridized carbons (Fsp3) is 0.0667. The summed E-state index contributed by atoms with van der Waals surface area (Å²) in [5.41, 5.74) is 1.26. The summed E-state index contributed by atoms with van der Waals surface area (Å²) in [5.74, 6) is 0.472. The molecule has 2 aromatic carbocycles. The van der Waals surface area contributed by atoms with E-state index in [0.717, 1.165) is 0 Å². The highest BCUT2D eigenvalue weighted by atomic mass is 35.5. The summed E-state index contributed by atoms with van der Waals surface area (Å²) in [6, 6.07) is 11.2. The maximum Gasteiger partial charge on any atom is 0.336 e. The number of hydrogen-bond donors (Lipinski definition) is 0. The Balaban J connectivity index is 2.12. The Kier molecular flexibility index (Phi) is 4.37. The SMILES string of the molecule is COc1nc(-c2ccc(Cl)c(Cl)c2)n(-c2ccc([N+](=O)[O-])cc2)n1. The van der Waals surface area contributed by atoms with Crippen molar-refractivity contribution in [3.8, 4) is 23.1 Å². The molecule has 1 heterocycles. The normalized spacial score (nSPS) is 10.6. The van der Waals surface area contributed by atoms with E-state index in [2.05, 4.69) is 10.1 Å². The molecule has 122 valence electrons. The van der Waals surface area contributed by atoms with Crippen LogP contribution in [0.2, 0.25) is 10.0 Å². The summed E-state index contributed by atoms with van der Waals surface area (Å²) in [6.45, 7) is 0. The number of benzene rings is 2. The van der Waals surface area contributed by atoms with Crippen LogP contribution in [0.4, 0.5) is 5.69 Å². The first-order valence-electron chi connectivity index (χ1n) is 6.71. The van der Waals surface area contributed by atoms with Gasteiger partial charge in [0.2, 0.25) is 0 Å². The zero-order valence-electron chi connectivity index (χ0n) is 12.3. The fourth-order valence-corrected chi connectivity index (χ4v) is 2.40. The van der Waals surface area contributed by atoms with Crippen molar-refractivity contribution in [1.82, 2.24) is 14.8 Å². The van der Waals surface area contributed by atoms with Crippen molar-refractivity contribution in [2.45, 2.75) is 0 Å². The van der Waals surface area contributed by atoms with Gasteiger partial charge in [-0.25, -0.2) is 4.68 Å². The van der Waals surface area contributed by atoms with Gasteiger partial charge in [-0.1, -0.05) is 23.2 Å². The van der Waals surface area contributed by atoms with E-state index in [9.17, 15) is 10.1 Å². The molecule has 9 heteroatoms. The van der Waals surface area contributed by atoms with E-state index in [1.807, 2.05) is 0 Å². The third kappa shape index (κ3) is 3.04. The molecular weight excluding hydrogens is 355 g/mol. The number of nitro groups is 1. The van der Waals surface area contributed by atoms with Crippen LogP contribution in [0.1, 0.15) is 0 Å². The average molecular weight is 365 g/mol. The summed E-state index contributed by atoms with van der Waals surface area (Å²) >= 11 is 12.0. The highest BCUT2D eigenvalue weighted by molar-refractivity contribution is 6.42. The molecule has 0 unspecified atom stereocenters. The standard InChI is InChI=1S/C15H10Cl2N4O3/c1-24-15-18-14(9-2-7-12(16)13(17)8-9)20(19-15)10-3-5-11(6-4-10)21(22)23/h2-8H,1H3. The predicted molar refractivity (Wildman–Crippen MR) is 90.0 cm³/mol. The fourth-order valence-electron chi connectivity index (χ4n) is 2.10. The number of nitro benzene ring substituents is 1. The molecular formula is C15H10Cl2N4O3. The molecule has 0 aliphatic carbocycles. The van der Waals surface area contributed by atoms with Crippen LogP contribution in [0.3, 0.4) is 0 Å². The average Bonchev–Trinajstić information content (AvgIpc) is 3.02. The summed E-state index contributed by atoms with van der Waals surface area (Å²) in [6.07, 6.45) is 0. The summed E-state index contributed by atoms with van der Waals surface area (Å²) < 4.78 is 6.60. The molecule has 0 saturated heterocycles. The highest BCUT2D eigenvalue weighted by Gasteiger charge is 2.16. The van der Waals surface area contributed by atoms with Crippen molar-refractivity contribution in [3.63, 3.8) is 0 Å². The van der Waals surface area contributed by atoms with E-state index in [4.69, 9.17) is 27.9 Å². The number of nitrogens with zero attached hydrogens (tertiary/aromatic N) is 4. The monoisotopic (exact) mass is 364 g/mol. The summed E-state index contributed by atoms with van der Waals surface area (Å²) in [5, 5.41) is 15.8. The lowest BCUT2D eigenvalue weighted by Gasteiger charge is -2.06. The molecule has 0 radical (unpaired) electrons. The van der Waals surface area contributed by atoms with E-state index in [0.29, 0.717) is 27.1 Å². The lowest BCUT2D eigenvalue weighted by Crippen LogP contribution is -2.00. The molecule has 0 bridgehead atoms. The number of non-ortho nitro benzene ring substituents is 1. The maximum absolute atomic E-state index is 10.8. The Labute approximate surface area is 146 Å². The van der Waals surface area contributed by atoms with Gasteiger partial charge in [0.15, 0.2) is 5.82 Å². The van der Waals surface area contributed by atoms with E-state index < -0.39 is 4.92 Å². The van der Waals surface area contributed by atoms with Gasteiger partial charge < -0.3 is 4.74 Å². The van der Waals surface area contributed by atoms with Crippen molar-refractivity contribution in [1.29, 1.82) is 0 Å². The number of methoxy groups -OCH3 is 1. The first-order valence-corrected chi connectivity index (χ1v) is 7.46. The number of ether oxygens (including phenoxy) is 1. The van der Waals surface area contributed by atoms with Crippen LogP contribution in [-0.2, 0) is 0 Å². The summed E-state index contributed by atoms with van der Waals surface area (Å²) in [7, 11) is 1.45. The summed E-state index contributed by atoms with van der Waals surface area (Å²) in [4.78, 5) is 14.6. The van der Waals surface area contributed by atoms with E-state index in [-0.39, 0.29) is 11.7 Å². The minimum Gasteiger partial charge on any atom is -0.466 e. The van der Waals surface area contributed by atoms with Gasteiger partial charge in [0.25, 0.3) is 5.69 Å². The third-order valence-corrected chi connectivity index (χ3v) is 3.99. The molecule has 0 spiro atoms. The highest BCUT2D eigenvalue weighted by Crippen LogP contribution is 2.30. The number of aromatic nitrogens is 3. The molecule has 0 amide bonds. The van der Waals surface area contributed by atoms with E-state index in [1.54, 1.807) is 30.3 Å². The minimum atomic E-state index is -0.467. The van der Waals surface area contributed by atoms with Crippen LogP contribution in [0.25, 0.3) is 17.1 Å². The molecule has 3 rings (SSSR count). The first-order chi connectivity index (χ1) is 11.5. The van der Waals surface area contributed by atoms with Crippen molar-refractivity contribution >= 4 is 28.9 Å². The second kappa shape index (κ2) is 6.46. The first kappa shape index (κ1) is 16.2. The number of hydrogen-bond acceptors (Lipinski definition) is 5. The van der Waals surface area contributed by atoms with Gasteiger partial charge in [0.1, 0.15) is 0 Å². The number of halogens is 2. The molecule has 0 N–H and O–H groups in total. The van der Waals surface area contributed by atoms with Crippen LogP contribution >= 0.6 is 23.2 Å². The smallest absolute Gasteiger partial charge is 0.336 e. The van der Waals surface area contributed by atoms with Crippen molar-refractivity contribution in [2.75, 3.05) is 7.11 Å². The molecule has 0 aliphatic rings. The Morgan fingerprint density at radius 3 is 2.42 bits per heavy atom. The van der Waals surface area contributed by atoms with Crippen LogP contribution in [0, 0.1) is 10.1 Å². The van der Waals surface area contributed by atoms with Crippen molar-refractivity contribution < 1.29 is 9.66 Å². The van der Waals surface area contributed by atoms with Gasteiger partial charge in [0.05, 0.1) is 27.8 Å². The van der Waals surface area contributed by atoms with Gasteiger partial charge >= 0.3 is 6.01 Å². The molecule has 1 aromatic heterocycles. The Morgan fingerprint density at radius 1 is 1.12 bits per heavy atom. The minimum absolute atomic E-state index is 0.0121. The quantitative estimate of drug-likeness (QED) is 0.512. The van der Waals surface area contributed by atoms with Crippen LogP contribution in [0.15, 0.2) is 42.5 Å². The molecule has 0 atom stereocenters. The lowest BCUT2D eigenvalue weighted by molar-refractivity contribution is -0.384. The van der Waals surface area contributed by atoms with Crippen LogP contribution in [0.5, 0.6) is 6.01 Å². The number of rotatable bonds is 4. The van der Waals surface area contributed by atoms with Crippen molar-refractivity contribution in [3.05, 3.63) is 62.6 Å². The van der Waals surface area contributed by atoms with E-state index in [1.165, 1.54) is 23.9 Å². The Morgan fingerprint density at radius 2 is 1.83 bits per heavy atom. The third-order valence-electron chi connectivity index (χ3n) is 3.25. The molecule has 0 aliphatic heterocycles.